The fourth-order valence-electron chi connectivity index (χ4n) is 5.16. The molecule has 0 heterocycles. The van der Waals surface area contributed by atoms with Gasteiger partial charge >= 0.3 is 0 Å². The summed E-state index contributed by atoms with van der Waals surface area (Å²) in [7, 11) is 0. The molecule has 0 spiro atoms. The monoisotopic (exact) mass is 224 g/mol. The van der Waals surface area contributed by atoms with Crippen LogP contribution in [0.5, 0.6) is 0 Å². The maximum atomic E-state index is 10.6. The minimum atomic E-state index is -0.789. The highest BCUT2D eigenvalue weighted by molar-refractivity contribution is 5.05. The second-order valence-corrected chi connectivity index (χ2v) is 6.47. The molecule has 92 valence electrons. The number of hydrogen-bond acceptors (Lipinski definition) is 3. The molecule has 0 aromatic carbocycles. The van der Waals surface area contributed by atoms with Crippen LogP contribution in [0.15, 0.2) is 0 Å². The second kappa shape index (κ2) is 3.69. The van der Waals surface area contributed by atoms with E-state index in [1.807, 2.05) is 0 Å². The van der Waals surface area contributed by atoms with Crippen LogP contribution in [0.25, 0.3) is 0 Å². The van der Waals surface area contributed by atoms with Gasteiger partial charge in [-0.3, -0.25) is 0 Å². The molecular weight excluding hydrogens is 200 g/mol. The van der Waals surface area contributed by atoms with E-state index in [1.165, 1.54) is 32.1 Å². The van der Waals surface area contributed by atoms with Crippen LogP contribution in [0.1, 0.15) is 32.1 Å². The van der Waals surface area contributed by atoms with Gasteiger partial charge in [0.1, 0.15) is 0 Å². The summed E-state index contributed by atoms with van der Waals surface area (Å²) >= 11 is 0. The Morgan fingerprint density at radius 2 is 1.31 bits per heavy atom. The molecule has 3 nitrogen and oxygen atoms in total. The normalized spacial score (nSPS) is 46.3. The predicted octanol–water partition coefficient (Wildman–Crippen LogP) is 0.707. The van der Waals surface area contributed by atoms with Gasteiger partial charge in [-0.1, -0.05) is 0 Å². The maximum absolute atomic E-state index is 10.6. The fourth-order valence-corrected chi connectivity index (χ4v) is 5.16. The number of nitrogens with two attached hydrogens (primary N) is 2. The molecule has 0 aliphatic heterocycles. The third-order valence-corrected chi connectivity index (χ3v) is 5.55. The van der Waals surface area contributed by atoms with Crippen molar-refractivity contribution in [3.63, 3.8) is 0 Å². The Labute approximate surface area is 97.6 Å². The summed E-state index contributed by atoms with van der Waals surface area (Å²) in [5, 5.41) is 10.6. The van der Waals surface area contributed by atoms with Crippen LogP contribution in [-0.4, -0.2) is 23.8 Å². The van der Waals surface area contributed by atoms with Gasteiger partial charge in [0.15, 0.2) is 0 Å². The lowest BCUT2D eigenvalue weighted by Gasteiger charge is -2.58. The van der Waals surface area contributed by atoms with Gasteiger partial charge in [0.25, 0.3) is 0 Å². The van der Waals surface area contributed by atoms with Crippen molar-refractivity contribution in [3.05, 3.63) is 0 Å². The van der Waals surface area contributed by atoms with E-state index in [2.05, 4.69) is 0 Å². The Bertz CT molecular complexity index is 247. The van der Waals surface area contributed by atoms with Crippen molar-refractivity contribution >= 4 is 0 Å². The Kier molecular flexibility index (Phi) is 2.54. The Morgan fingerprint density at radius 3 is 1.69 bits per heavy atom. The predicted molar refractivity (Wildman–Crippen MR) is 63.6 cm³/mol. The second-order valence-electron chi connectivity index (χ2n) is 6.47. The average molecular weight is 224 g/mol. The SMILES string of the molecule is NCC(O)(CN)C1C2CC3CC(C2)CC1C3. The molecule has 4 bridgehead atoms. The summed E-state index contributed by atoms with van der Waals surface area (Å²) in [6.07, 6.45) is 6.73. The summed E-state index contributed by atoms with van der Waals surface area (Å²) < 4.78 is 0. The van der Waals surface area contributed by atoms with Crippen molar-refractivity contribution in [2.24, 2.45) is 41.1 Å². The van der Waals surface area contributed by atoms with Crippen LogP contribution in [0.3, 0.4) is 0 Å². The van der Waals surface area contributed by atoms with Gasteiger partial charge in [0.2, 0.25) is 0 Å². The number of aliphatic hydroxyl groups is 1. The van der Waals surface area contributed by atoms with E-state index in [-0.39, 0.29) is 0 Å². The smallest absolute Gasteiger partial charge is 0.0923 e. The fraction of sp³-hybridized carbons (Fsp3) is 1.00. The number of hydrogen-bond donors (Lipinski definition) is 3. The summed E-state index contributed by atoms with van der Waals surface area (Å²) in [6.45, 7) is 0.660. The Balaban J connectivity index is 1.86. The third kappa shape index (κ3) is 1.45. The zero-order valence-corrected chi connectivity index (χ0v) is 9.94. The molecule has 0 amide bonds. The van der Waals surface area contributed by atoms with E-state index < -0.39 is 5.60 Å². The Hall–Kier alpha value is -0.120. The minimum Gasteiger partial charge on any atom is -0.387 e. The van der Waals surface area contributed by atoms with Gasteiger partial charge in [0.05, 0.1) is 5.60 Å². The van der Waals surface area contributed by atoms with Gasteiger partial charge in [0, 0.05) is 13.1 Å². The van der Waals surface area contributed by atoms with E-state index >= 15 is 0 Å². The lowest BCUT2D eigenvalue weighted by molar-refractivity contribution is -0.134. The third-order valence-electron chi connectivity index (χ3n) is 5.55. The van der Waals surface area contributed by atoms with Gasteiger partial charge in [-0.05, 0) is 61.7 Å². The molecule has 0 aromatic rings. The standard InChI is InChI=1S/C13H24N2O/c14-6-13(16,7-15)12-10-2-8-1-9(4-10)5-11(12)3-8/h8-12,16H,1-7,14-15H2. The highest BCUT2D eigenvalue weighted by Gasteiger charge is 2.54. The number of rotatable bonds is 3. The first-order valence-corrected chi connectivity index (χ1v) is 6.79. The summed E-state index contributed by atoms with van der Waals surface area (Å²) in [4.78, 5) is 0. The molecule has 4 saturated carbocycles. The van der Waals surface area contributed by atoms with Crippen LogP contribution in [-0.2, 0) is 0 Å². The van der Waals surface area contributed by atoms with E-state index in [0.29, 0.717) is 30.8 Å². The molecule has 4 fully saturated rings. The van der Waals surface area contributed by atoms with Crippen molar-refractivity contribution < 1.29 is 5.11 Å². The van der Waals surface area contributed by atoms with Crippen LogP contribution in [0.4, 0.5) is 0 Å². The first kappa shape index (κ1) is 11.0. The molecule has 0 atom stereocenters. The molecule has 5 N–H and O–H groups in total. The van der Waals surface area contributed by atoms with E-state index in [4.69, 9.17) is 11.5 Å². The lowest BCUT2D eigenvalue weighted by atomic mass is 9.49. The first-order valence-electron chi connectivity index (χ1n) is 6.79. The summed E-state index contributed by atoms with van der Waals surface area (Å²) in [5.41, 5.74) is 10.7. The molecule has 3 heteroatoms. The van der Waals surface area contributed by atoms with Gasteiger partial charge in [-0.25, -0.2) is 0 Å². The molecule has 0 unspecified atom stereocenters. The molecule has 0 saturated heterocycles. The van der Waals surface area contributed by atoms with Crippen molar-refractivity contribution in [2.45, 2.75) is 37.7 Å². The molecule has 4 rings (SSSR count). The van der Waals surface area contributed by atoms with Gasteiger partial charge < -0.3 is 16.6 Å². The zero-order valence-electron chi connectivity index (χ0n) is 9.94. The van der Waals surface area contributed by atoms with Crippen LogP contribution >= 0.6 is 0 Å². The van der Waals surface area contributed by atoms with E-state index in [0.717, 1.165) is 11.8 Å². The molecule has 0 aromatic heterocycles. The van der Waals surface area contributed by atoms with Crippen molar-refractivity contribution in [3.8, 4) is 0 Å². The summed E-state index contributed by atoms with van der Waals surface area (Å²) in [6, 6.07) is 0. The van der Waals surface area contributed by atoms with Crippen LogP contribution in [0, 0.1) is 29.6 Å². The molecule has 4 aliphatic rings. The van der Waals surface area contributed by atoms with Crippen LogP contribution < -0.4 is 11.5 Å². The zero-order chi connectivity index (χ0) is 11.3. The molecule has 4 aliphatic carbocycles. The molecule has 16 heavy (non-hydrogen) atoms. The summed E-state index contributed by atoms with van der Waals surface area (Å²) in [5.74, 6) is 3.68. The quantitative estimate of drug-likeness (QED) is 0.661. The van der Waals surface area contributed by atoms with Crippen molar-refractivity contribution in [1.82, 2.24) is 0 Å². The maximum Gasteiger partial charge on any atom is 0.0923 e. The van der Waals surface area contributed by atoms with Crippen molar-refractivity contribution in [2.75, 3.05) is 13.1 Å². The molecular formula is C13H24N2O. The lowest BCUT2D eigenvalue weighted by Crippen LogP contribution is -2.60. The van der Waals surface area contributed by atoms with Crippen LogP contribution in [0.2, 0.25) is 0 Å². The van der Waals surface area contributed by atoms with E-state index in [9.17, 15) is 5.11 Å². The Morgan fingerprint density at radius 1 is 0.875 bits per heavy atom. The van der Waals surface area contributed by atoms with Gasteiger partial charge in [-0.15, -0.1) is 0 Å². The van der Waals surface area contributed by atoms with E-state index in [1.54, 1.807) is 0 Å². The first-order chi connectivity index (χ1) is 7.66. The minimum absolute atomic E-state index is 0.330. The highest BCUT2D eigenvalue weighted by atomic mass is 16.3. The largest absolute Gasteiger partial charge is 0.387 e. The highest BCUT2D eigenvalue weighted by Crippen LogP contribution is 2.58. The van der Waals surface area contributed by atoms with Crippen molar-refractivity contribution in [1.29, 1.82) is 0 Å². The topological polar surface area (TPSA) is 72.3 Å². The van der Waals surface area contributed by atoms with Gasteiger partial charge in [-0.2, -0.15) is 0 Å². The average Bonchev–Trinajstić information content (AvgIpc) is 2.27. The molecule has 0 radical (unpaired) electrons.